The van der Waals surface area contributed by atoms with Gasteiger partial charge in [0.05, 0.1) is 5.56 Å². The Balaban J connectivity index is 1.74. The van der Waals surface area contributed by atoms with Crippen LogP contribution in [0.15, 0.2) is 18.2 Å². The van der Waals surface area contributed by atoms with E-state index in [0.717, 1.165) is 23.0 Å². The second-order valence-electron chi connectivity index (χ2n) is 8.46. The molecule has 0 spiro atoms. The molecule has 0 amide bonds. The molecule has 0 aromatic heterocycles. The Hall–Kier alpha value is -1.31. The molecule has 5 unspecified atom stereocenters. The highest BCUT2D eigenvalue weighted by Gasteiger charge is 2.42. The molecule has 0 heterocycles. The number of benzene rings is 1. The summed E-state index contributed by atoms with van der Waals surface area (Å²) in [5.74, 6) is 2.50. The molecule has 1 aromatic carbocycles. The largest absolute Gasteiger partial charge is 0.478 e. The van der Waals surface area contributed by atoms with Crippen LogP contribution in [0.5, 0.6) is 0 Å². The van der Waals surface area contributed by atoms with Gasteiger partial charge in [-0.15, -0.1) is 0 Å². The van der Waals surface area contributed by atoms with Gasteiger partial charge in [-0.2, -0.15) is 0 Å². The molecule has 3 fully saturated rings. The van der Waals surface area contributed by atoms with Crippen LogP contribution in [-0.4, -0.2) is 11.1 Å². The summed E-state index contributed by atoms with van der Waals surface area (Å²) in [6.07, 6.45) is 11.4. The van der Waals surface area contributed by atoms with Crippen LogP contribution in [0.3, 0.4) is 0 Å². The van der Waals surface area contributed by atoms with E-state index in [4.69, 9.17) is 0 Å². The van der Waals surface area contributed by atoms with Gasteiger partial charge in [0, 0.05) is 0 Å². The summed E-state index contributed by atoms with van der Waals surface area (Å²) in [6, 6.07) is 6.39. The third kappa shape index (κ3) is 2.68. The molecule has 5 atom stereocenters. The Morgan fingerprint density at radius 2 is 1.79 bits per heavy atom. The first-order valence-corrected chi connectivity index (χ1v) is 10.0. The number of carbonyl (C=O) groups is 1. The normalized spacial score (nSPS) is 35.3. The SMILES string of the molecule is CCC1CCCCC1c1cccc(C2CC3CCC2C3)c1C(=O)O. The van der Waals surface area contributed by atoms with Gasteiger partial charge >= 0.3 is 5.97 Å². The van der Waals surface area contributed by atoms with Gasteiger partial charge in [0.2, 0.25) is 0 Å². The van der Waals surface area contributed by atoms with Crippen LogP contribution in [0, 0.1) is 17.8 Å². The lowest BCUT2D eigenvalue weighted by atomic mass is 9.71. The summed E-state index contributed by atoms with van der Waals surface area (Å²) >= 11 is 0. The maximum absolute atomic E-state index is 12.2. The first-order chi connectivity index (χ1) is 11.7. The third-order valence-electron chi connectivity index (χ3n) is 7.31. The summed E-state index contributed by atoms with van der Waals surface area (Å²) in [5.41, 5.74) is 2.99. The molecule has 1 aromatic rings. The molecular formula is C22H30O2. The molecule has 3 aliphatic carbocycles. The van der Waals surface area contributed by atoms with Crippen molar-refractivity contribution in [3.05, 3.63) is 34.9 Å². The predicted octanol–water partition coefficient (Wildman–Crippen LogP) is 5.97. The highest BCUT2D eigenvalue weighted by molar-refractivity contribution is 5.91. The van der Waals surface area contributed by atoms with E-state index in [1.807, 2.05) is 0 Å². The predicted molar refractivity (Wildman–Crippen MR) is 96.6 cm³/mol. The summed E-state index contributed by atoms with van der Waals surface area (Å²) in [7, 11) is 0. The Kier molecular flexibility index (Phi) is 4.40. The van der Waals surface area contributed by atoms with Crippen LogP contribution >= 0.6 is 0 Å². The van der Waals surface area contributed by atoms with Gasteiger partial charge in [-0.3, -0.25) is 0 Å². The quantitative estimate of drug-likeness (QED) is 0.740. The lowest BCUT2D eigenvalue weighted by Gasteiger charge is -2.33. The van der Waals surface area contributed by atoms with Crippen molar-refractivity contribution in [2.45, 2.75) is 76.5 Å². The lowest BCUT2D eigenvalue weighted by Crippen LogP contribution is -2.22. The minimum Gasteiger partial charge on any atom is -0.478 e. The molecule has 4 rings (SSSR count). The molecule has 2 bridgehead atoms. The zero-order valence-corrected chi connectivity index (χ0v) is 14.8. The Morgan fingerprint density at radius 1 is 1.04 bits per heavy atom. The fourth-order valence-corrected chi connectivity index (χ4v) is 6.19. The fraction of sp³-hybridized carbons (Fsp3) is 0.682. The van der Waals surface area contributed by atoms with Gasteiger partial charge < -0.3 is 5.11 Å². The summed E-state index contributed by atoms with van der Waals surface area (Å²) in [6.45, 7) is 2.27. The van der Waals surface area contributed by atoms with Crippen molar-refractivity contribution in [2.75, 3.05) is 0 Å². The molecule has 130 valence electrons. The number of carboxylic acid groups (broad SMARTS) is 1. The third-order valence-corrected chi connectivity index (χ3v) is 7.31. The maximum Gasteiger partial charge on any atom is 0.336 e. The van der Waals surface area contributed by atoms with Crippen LogP contribution in [-0.2, 0) is 0 Å². The second kappa shape index (κ2) is 6.54. The van der Waals surface area contributed by atoms with Gasteiger partial charge in [-0.25, -0.2) is 4.79 Å². The van der Waals surface area contributed by atoms with Crippen LogP contribution in [0.1, 0.15) is 98.0 Å². The topological polar surface area (TPSA) is 37.3 Å². The molecule has 2 nitrogen and oxygen atoms in total. The van der Waals surface area contributed by atoms with Crippen molar-refractivity contribution in [3.8, 4) is 0 Å². The minimum absolute atomic E-state index is 0.452. The highest BCUT2D eigenvalue weighted by Crippen LogP contribution is 2.54. The van der Waals surface area contributed by atoms with Gasteiger partial charge in [0.15, 0.2) is 0 Å². The van der Waals surface area contributed by atoms with Crippen LogP contribution in [0.25, 0.3) is 0 Å². The van der Waals surface area contributed by atoms with E-state index in [1.54, 1.807) is 0 Å². The molecule has 0 radical (unpaired) electrons. The molecule has 3 aliphatic rings. The summed E-state index contributed by atoms with van der Waals surface area (Å²) < 4.78 is 0. The molecular weight excluding hydrogens is 296 g/mol. The average Bonchev–Trinajstić information content (AvgIpc) is 3.24. The van der Waals surface area contributed by atoms with Crippen molar-refractivity contribution < 1.29 is 9.90 Å². The van der Waals surface area contributed by atoms with E-state index in [9.17, 15) is 9.90 Å². The second-order valence-corrected chi connectivity index (χ2v) is 8.46. The van der Waals surface area contributed by atoms with E-state index in [0.29, 0.717) is 23.3 Å². The maximum atomic E-state index is 12.2. The minimum atomic E-state index is -0.691. The highest BCUT2D eigenvalue weighted by atomic mass is 16.4. The zero-order chi connectivity index (χ0) is 16.7. The standard InChI is InChI=1S/C22H30O2/c1-2-15-6-3-4-7-17(15)18-8-5-9-19(21(18)22(23)24)20-13-14-10-11-16(20)12-14/h5,8-9,14-17,20H,2-4,6-7,10-13H2,1H3,(H,23,24). The van der Waals surface area contributed by atoms with E-state index < -0.39 is 5.97 Å². The van der Waals surface area contributed by atoms with Gasteiger partial charge in [0.1, 0.15) is 0 Å². The fourth-order valence-electron chi connectivity index (χ4n) is 6.19. The Bertz CT molecular complexity index is 620. The summed E-state index contributed by atoms with van der Waals surface area (Å²) in [5, 5.41) is 10.1. The van der Waals surface area contributed by atoms with Gasteiger partial charge in [-0.05, 0) is 72.8 Å². The smallest absolute Gasteiger partial charge is 0.336 e. The molecule has 0 saturated heterocycles. The molecule has 2 heteroatoms. The van der Waals surface area contributed by atoms with Crippen LogP contribution < -0.4 is 0 Å². The van der Waals surface area contributed by atoms with Gasteiger partial charge in [0.25, 0.3) is 0 Å². The van der Waals surface area contributed by atoms with Gasteiger partial charge in [-0.1, -0.05) is 50.8 Å². The molecule has 1 N–H and O–H groups in total. The molecule has 0 aliphatic heterocycles. The lowest BCUT2D eigenvalue weighted by molar-refractivity contribution is 0.0691. The average molecular weight is 326 g/mol. The van der Waals surface area contributed by atoms with Crippen LogP contribution in [0.4, 0.5) is 0 Å². The Labute approximate surface area is 145 Å². The van der Waals surface area contributed by atoms with E-state index in [2.05, 4.69) is 25.1 Å². The zero-order valence-electron chi connectivity index (χ0n) is 14.8. The Morgan fingerprint density at radius 3 is 2.42 bits per heavy atom. The number of rotatable bonds is 4. The molecule has 24 heavy (non-hydrogen) atoms. The van der Waals surface area contributed by atoms with Crippen molar-refractivity contribution in [1.82, 2.24) is 0 Å². The van der Waals surface area contributed by atoms with Crippen molar-refractivity contribution in [3.63, 3.8) is 0 Å². The van der Waals surface area contributed by atoms with E-state index >= 15 is 0 Å². The number of aromatic carboxylic acids is 1. The monoisotopic (exact) mass is 326 g/mol. The van der Waals surface area contributed by atoms with Crippen molar-refractivity contribution in [1.29, 1.82) is 0 Å². The first-order valence-electron chi connectivity index (χ1n) is 10.0. The van der Waals surface area contributed by atoms with E-state index in [-0.39, 0.29) is 0 Å². The first kappa shape index (κ1) is 16.2. The number of carboxylic acids is 1. The van der Waals surface area contributed by atoms with Crippen molar-refractivity contribution in [2.24, 2.45) is 17.8 Å². The molecule has 3 saturated carbocycles. The number of fused-ring (bicyclic) bond motifs is 2. The number of hydrogen-bond donors (Lipinski definition) is 1. The van der Waals surface area contributed by atoms with E-state index in [1.165, 1.54) is 57.8 Å². The summed E-state index contributed by atoms with van der Waals surface area (Å²) in [4.78, 5) is 12.2. The van der Waals surface area contributed by atoms with Crippen LogP contribution in [0.2, 0.25) is 0 Å². The van der Waals surface area contributed by atoms with Crippen molar-refractivity contribution >= 4 is 5.97 Å². The number of hydrogen-bond acceptors (Lipinski definition) is 1.